The predicted octanol–water partition coefficient (Wildman–Crippen LogP) is 3.40. The summed E-state index contributed by atoms with van der Waals surface area (Å²) in [6.07, 6.45) is 0.117. The molecule has 1 aliphatic rings. The van der Waals surface area contributed by atoms with Gasteiger partial charge < -0.3 is 10.2 Å². The van der Waals surface area contributed by atoms with Gasteiger partial charge in [0.05, 0.1) is 17.4 Å². The second-order valence-corrected chi connectivity index (χ2v) is 9.36. The number of halogens is 1. The molecule has 1 saturated heterocycles. The number of sulfonamides is 1. The number of nitrogens with one attached hydrogen (secondary N) is 2. The first kappa shape index (κ1) is 21.1. The minimum atomic E-state index is -3.38. The standard InChI is InChI=1S/C20H22ClN3O4S/c1-3-29(27,28)23-18-8-7-16(9-13(18)2)22-20(26)14-10-19(25)24(12-14)17-6-4-5-15(21)11-17/h4-9,11,14,23H,3,10,12H2,1-2H3,(H,22,26). The number of amides is 2. The van der Waals surface area contributed by atoms with Crippen molar-refractivity contribution < 1.29 is 18.0 Å². The van der Waals surface area contributed by atoms with Gasteiger partial charge in [0.25, 0.3) is 0 Å². The van der Waals surface area contributed by atoms with Crippen LogP contribution in [0.15, 0.2) is 42.5 Å². The van der Waals surface area contributed by atoms with Gasteiger partial charge in [-0.2, -0.15) is 0 Å². The number of aryl methyl sites for hydroxylation is 1. The maximum absolute atomic E-state index is 12.6. The van der Waals surface area contributed by atoms with Crippen LogP contribution in [0.25, 0.3) is 0 Å². The molecule has 1 heterocycles. The summed E-state index contributed by atoms with van der Waals surface area (Å²) < 4.78 is 26.0. The van der Waals surface area contributed by atoms with Gasteiger partial charge in [0, 0.05) is 29.4 Å². The maximum Gasteiger partial charge on any atom is 0.232 e. The molecule has 0 spiro atoms. The summed E-state index contributed by atoms with van der Waals surface area (Å²) in [5.74, 6) is -0.902. The third kappa shape index (κ3) is 5.07. The Morgan fingerprint density at radius 1 is 1.24 bits per heavy atom. The molecule has 2 aromatic rings. The van der Waals surface area contributed by atoms with Crippen molar-refractivity contribution in [3.8, 4) is 0 Å². The van der Waals surface area contributed by atoms with E-state index < -0.39 is 15.9 Å². The predicted molar refractivity (Wildman–Crippen MR) is 115 cm³/mol. The normalized spacial score (nSPS) is 16.7. The molecule has 0 aromatic heterocycles. The van der Waals surface area contributed by atoms with Crippen molar-refractivity contribution in [2.24, 2.45) is 5.92 Å². The van der Waals surface area contributed by atoms with E-state index in [9.17, 15) is 18.0 Å². The first-order valence-corrected chi connectivity index (χ1v) is 11.2. The van der Waals surface area contributed by atoms with Gasteiger partial charge in [-0.3, -0.25) is 14.3 Å². The molecule has 7 nitrogen and oxygen atoms in total. The van der Waals surface area contributed by atoms with Crippen LogP contribution in [-0.4, -0.2) is 32.5 Å². The molecule has 0 bridgehead atoms. The highest BCUT2D eigenvalue weighted by atomic mass is 35.5. The molecule has 0 aliphatic carbocycles. The molecule has 1 unspecified atom stereocenters. The van der Waals surface area contributed by atoms with Crippen molar-refractivity contribution >= 4 is 50.5 Å². The molecule has 0 radical (unpaired) electrons. The SMILES string of the molecule is CCS(=O)(=O)Nc1ccc(NC(=O)C2CC(=O)N(c3cccc(Cl)c3)C2)cc1C. The molecular formula is C20H22ClN3O4S. The zero-order valence-electron chi connectivity index (χ0n) is 16.1. The van der Waals surface area contributed by atoms with Gasteiger partial charge >= 0.3 is 0 Å². The number of anilines is 3. The molecule has 2 amide bonds. The van der Waals surface area contributed by atoms with Gasteiger partial charge in [0.2, 0.25) is 21.8 Å². The Morgan fingerprint density at radius 2 is 2.00 bits per heavy atom. The molecule has 2 N–H and O–H groups in total. The molecular weight excluding hydrogens is 414 g/mol. The van der Waals surface area contributed by atoms with Crippen LogP contribution >= 0.6 is 11.6 Å². The van der Waals surface area contributed by atoms with Crippen LogP contribution in [0, 0.1) is 12.8 Å². The lowest BCUT2D eigenvalue weighted by Crippen LogP contribution is -2.28. The van der Waals surface area contributed by atoms with Crippen molar-refractivity contribution in [1.29, 1.82) is 0 Å². The summed E-state index contributed by atoms with van der Waals surface area (Å²) in [5, 5.41) is 3.34. The number of nitrogens with zero attached hydrogens (tertiary/aromatic N) is 1. The van der Waals surface area contributed by atoms with Crippen molar-refractivity contribution in [3.05, 3.63) is 53.1 Å². The molecule has 0 saturated carbocycles. The fourth-order valence-corrected chi connectivity index (χ4v) is 4.01. The summed E-state index contributed by atoms with van der Waals surface area (Å²) >= 11 is 5.99. The monoisotopic (exact) mass is 435 g/mol. The lowest BCUT2D eigenvalue weighted by atomic mass is 10.1. The van der Waals surface area contributed by atoms with E-state index in [1.165, 1.54) is 0 Å². The minimum absolute atomic E-state index is 0.0240. The molecule has 2 aromatic carbocycles. The summed E-state index contributed by atoms with van der Waals surface area (Å²) in [4.78, 5) is 26.6. The van der Waals surface area contributed by atoms with E-state index in [4.69, 9.17) is 11.6 Å². The molecule has 1 aliphatic heterocycles. The molecule has 3 rings (SSSR count). The summed E-state index contributed by atoms with van der Waals surface area (Å²) in [5.41, 5.74) is 2.36. The third-order valence-electron chi connectivity index (χ3n) is 4.76. The van der Waals surface area contributed by atoms with Gasteiger partial charge in [-0.1, -0.05) is 17.7 Å². The molecule has 154 valence electrons. The highest BCUT2D eigenvalue weighted by Crippen LogP contribution is 2.28. The maximum atomic E-state index is 12.6. The number of hydrogen-bond donors (Lipinski definition) is 2. The largest absolute Gasteiger partial charge is 0.326 e. The molecule has 9 heteroatoms. The smallest absolute Gasteiger partial charge is 0.232 e. The van der Waals surface area contributed by atoms with Crippen molar-refractivity contribution in [2.45, 2.75) is 20.3 Å². The van der Waals surface area contributed by atoms with E-state index in [-0.39, 0.29) is 30.5 Å². The quantitative estimate of drug-likeness (QED) is 0.726. The zero-order valence-corrected chi connectivity index (χ0v) is 17.7. The number of carbonyl (C=O) groups is 2. The molecule has 1 atom stereocenters. The fraction of sp³-hybridized carbons (Fsp3) is 0.300. The second kappa shape index (κ2) is 8.42. The fourth-order valence-electron chi connectivity index (χ4n) is 3.12. The van der Waals surface area contributed by atoms with Crippen LogP contribution in [0.1, 0.15) is 18.9 Å². The third-order valence-corrected chi connectivity index (χ3v) is 6.28. The van der Waals surface area contributed by atoms with Crippen LogP contribution < -0.4 is 14.9 Å². The lowest BCUT2D eigenvalue weighted by molar-refractivity contribution is -0.122. The van der Waals surface area contributed by atoms with E-state index in [1.54, 1.807) is 61.2 Å². The zero-order chi connectivity index (χ0) is 21.2. The number of benzene rings is 2. The first-order valence-electron chi connectivity index (χ1n) is 9.16. The van der Waals surface area contributed by atoms with Gasteiger partial charge in [-0.15, -0.1) is 0 Å². The first-order chi connectivity index (χ1) is 13.7. The van der Waals surface area contributed by atoms with E-state index in [0.29, 0.717) is 27.6 Å². The Balaban J connectivity index is 1.68. The number of carbonyl (C=O) groups excluding carboxylic acids is 2. The average molecular weight is 436 g/mol. The van der Waals surface area contributed by atoms with Crippen molar-refractivity contribution in [1.82, 2.24) is 0 Å². The van der Waals surface area contributed by atoms with Crippen LogP contribution in [0.5, 0.6) is 0 Å². The Kier molecular flexibility index (Phi) is 6.14. The van der Waals surface area contributed by atoms with Crippen LogP contribution in [0.4, 0.5) is 17.1 Å². The molecule has 29 heavy (non-hydrogen) atoms. The highest BCUT2D eigenvalue weighted by molar-refractivity contribution is 7.92. The van der Waals surface area contributed by atoms with Crippen LogP contribution in [0.2, 0.25) is 5.02 Å². The summed E-state index contributed by atoms with van der Waals surface area (Å²) in [6.45, 7) is 3.59. The van der Waals surface area contributed by atoms with Crippen molar-refractivity contribution in [2.75, 3.05) is 27.2 Å². The Bertz CT molecular complexity index is 1060. The highest BCUT2D eigenvalue weighted by Gasteiger charge is 2.35. The lowest BCUT2D eigenvalue weighted by Gasteiger charge is -2.17. The van der Waals surface area contributed by atoms with Gasteiger partial charge in [0.15, 0.2) is 0 Å². The van der Waals surface area contributed by atoms with Gasteiger partial charge in [-0.25, -0.2) is 8.42 Å². The van der Waals surface area contributed by atoms with Gasteiger partial charge in [-0.05, 0) is 55.8 Å². The average Bonchev–Trinajstić information content (AvgIpc) is 3.06. The van der Waals surface area contributed by atoms with Crippen LogP contribution in [0.3, 0.4) is 0 Å². The number of hydrogen-bond acceptors (Lipinski definition) is 4. The second-order valence-electron chi connectivity index (χ2n) is 6.91. The Morgan fingerprint density at radius 3 is 2.66 bits per heavy atom. The number of rotatable bonds is 6. The Labute approximate surface area is 175 Å². The Hall–Kier alpha value is -2.58. The van der Waals surface area contributed by atoms with Crippen LogP contribution in [-0.2, 0) is 19.6 Å². The summed E-state index contributed by atoms with van der Waals surface area (Å²) in [6, 6.07) is 11.9. The van der Waals surface area contributed by atoms with Crippen molar-refractivity contribution in [3.63, 3.8) is 0 Å². The van der Waals surface area contributed by atoms with Gasteiger partial charge in [0.1, 0.15) is 0 Å². The molecule has 1 fully saturated rings. The van der Waals surface area contributed by atoms with E-state index in [2.05, 4.69) is 10.0 Å². The van der Waals surface area contributed by atoms with E-state index in [0.717, 1.165) is 0 Å². The summed E-state index contributed by atoms with van der Waals surface area (Å²) in [7, 11) is -3.38. The topological polar surface area (TPSA) is 95.6 Å². The minimum Gasteiger partial charge on any atom is -0.326 e. The van der Waals surface area contributed by atoms with E-state index >= 15 is 0 Å². The van der Waals surface area contributed by atoms with E-state index in [1.807, 2.05) is 0 Å².